The molecule has 2 N–H and O–H groups in total. The number of aliphatic imine (C=N–C) groups is 1. The summed E-state index contributed by atoms with van der Waals surface area (Å²) in [5.74, 6) is 1.13. The van der Waals surface area contributed by atoms with Gasteiger partial charge in [0.2, 0.25) is 0 Å². The summed E-state index contributed by atoms with van der Waals surface area (Å²) in [6, 6.07) is 5.77. The number of amidine groups is 1. The van der Waals surface area contributed by atoms with E-state index in [1.54, 1.807) is 0 Å². The van der Waals surface area contributed by atoms with Crippen LogP contribution in [0.5, 0.6) is 0 Å². The molecule has 1 aromatic carbocycles. The van der Waals surface area contributed by atoms with E-state index in [1.165, 1.54) is 0 Å². The fraction of sp³-hybridized carbons (Fsp3) is 0.417. The molecule has 90 valence electrons. The number of nitrogens with zero attached hydrogens (tertiary/aromatic N) is 2. The molecule has 2 aliphatic rings. The van der Waals surface area contributed by atoms with Gasteiger partial charge in [0.25, 0.3) is 0 Å². The molecule has 3 rings (SSSR count). The van der Waals surface area contributed by atoms with Crippen molar-refractivity contribution in [2.75, 3.05) is 38.0 Å². The number of fused-ring (bicyclic) bond motifs is 1. The van der Waals surface area contributed by atoms with Crippen LogP contribution < -0.4 is 10.6 Å². The highest BCUT2D eigenvalue weighted by Crippen LogP contribution is 2.31. The summed E-state index contributed by atoms with van der Waals surface area (Å²) in [6.45, 7) is 4.92. The molecule has 0 aliphatic carbocycles. The van der Waals surface area contributed by atoms with Gasteiger partial charge in [-0.15, -0.1) is 0 Å². The van der Waals surface area contributed by atoms with Crippen LogP contribution in [0.4, 0.5) is 11.4 Å². The second kappa shape index (κ2) is 4.55. The van der Waals surface area contributed by atoms with Crippen molar-refractivity contribution in [3.8, 4) is 0 Å². The Labute approximate surface area is 106 Å². The number of hydrogen-bond donors (Lipinski definition) is 2. The molecule has 1 fully saturated rings. The predicted molar refractivity (Wildman–Crippen MR) is 71.5 cm³/mol. The van der Waals surface area contributed by atoms with E-state index in [2.05, 4.69) is 15.5 Å². The van der Waals surface area contributed by atoms with Gasteiger partial charge < -0.3 is 15.5 Å². The fourth-order valence-electron chi connectivity index (χ4n) is 2.21. The van der Waals surface area contributed by atoms with Gasteiger partial charge in [-0.05, 0) is 18.2 Å². The average Bonchev–Trinajstić information content (AvgIpc) is 2.39. The second-order valence-electron chi connectivity index (χ2n) is 4.28. The van der Waals surface area contributed by atoms with E-state index in [0.717, 1.165) is 55.0 Å². The molecular weight excluding hydrogens is 236 g/mol. The van der Waals surface area contributed by atoms with Crippen molar-refractivity contribution in [1.82, 2.24) is 10.2 Å². The van der Waals surface area contributed by atoms with Crippen molar-refractivity contribution >= 4 is 28.8 Å². The second-order valence-corrected chi connectivity index (χ2v) is 4.72. The zero-order valence-electron chi connectivity index (χ0n) is 9.54. The van der Waals surface area contributed by atoms with E-state index in [4.69, 9.17) is 16.6 Å². The van der Waals surface area contributed by atoms with Crippen LogP contribution in [-0.4, -0.2) is 43.5 Å². The molecule has 2 heterocycles. The van der Waals surface area contributed by atoms with E-state index in [9.17, 15) is 0 Å². The Morgan fingerprint density at radius 3 is 2.88 bits per heavy atom. The van der Waals surface area contributed by atoms with Gasteiger partial charge >= 0.3 is 0 Å². The molecule has 0 saturated carbocycles. The van der Waals surface area contributed by atoms with E-state index in [-0.39, 0.29) is 0 Å². The first kappa shape index (κ1) is 10.9. The SMILES string of the molecule is Clc1ccc2c(c1)NCC(N1CCNCC1)=N2. The number of rotatable bonds is 0. The molecule has 17 heavy (non-hydrogen) atoms. The molecule has 0 unspecified atom stereocenters. The van der Waals surface area contributed by atoms with Crippen LogP contribution in [-0.2, 0) is 0 Å². The van der Waals surface area contributed by atoms with Crippen LogP contribution >= 0.6 is 11.6 Å². The predicted octanol–water partition coefficient (Wildman–Crippen LogP) is 1.70. The lowest BCUT2D eigenvalue weighted by molar-refractivity contribution is 0.354. The Morgan fingerprint density at radius 2 is 2.06 bits per heavy atom. The van der Waals surface area contributed by atoms with Crippen LogP contribution in [0, 0.1) is 0 Å². The zero-order valence-corrected chi connectivity index (χ0v) is 10.3. The van der Waals surface area contributed by atoms with Gasteiger partial charge in [0.1, 0.15) is 5.84 Å². The molecule has 0 spiro atoms. The largest absolute Gasteiger partial charge is 0.376 e. The van der Waals surface area contributed by atoms with Crippen LogP contribution in [0.15, 0.2) is 23.2 Å². The minimum atomic E-state index is 0.747. The smallest absolute Gasteiger partial charge is 0.124 e. The molecule has 4 nitrogen and oxygen atoms in total. The van der Waals surface area contributed by atoms with Crippen LogP contribution in [0.25, 0.3) is 0 Å². The summed E-state index contributed by atoms with van der Waals surface area (Å²) >= 11 is 5.95. The summed E-state index contributed by atoms with van der Waals surface area (Å²) < 4.78 is 0. The third-order valence-electron chi connectivity index (χ3n) is 3.13. The Bertz CT molecular complexity index is 452. The number of nitrogens with one attached hydrogen (secondary N) is 2. The van der Waals surface area contributed by atoms with Crippen LogP contribution in [0.2, 0.25) is 5.02 Å². The van der Waals surface area contributed by atoms with Gasteiger partial charge in [-0.1, -0.05) is 11.6 Å². The molecule has 0 bridgehead atoms. The van der Waals surface area contributed by atoms with Crippen LogP contribution in [0.3, 0.4) is 0 Å². The lowest BCUT2D eigenvalue weighted by atomic mass is 10.2. The number of anilines is 1. The fourth-order valence-corrected chi connectivity index (χ4v) is 2.38. The summed E-state index contributed by atoms with van der Waals surface area (Å²) in [5.41, 5.74) is 2.01. The molecular formula is C12H15ClN4. The Kier molecular flexibility index (Phi) is 2.91. The highest BCUT2D eigenvalue weighted by molar-refractivity contribution is 6.31. The summed E-state index contributed by atoms with van der Waals surface area (Å²) in [5, 5.41) is 7.47. The maximum absolute atomic E-state index is 5.95. The Morgan fingerprint density at radius 1 is 1.24 bits per heavy atom. The summed E-state index contributed by atoms with van der Waals surface area (Å²) in [6.07, 6.45) is 0. The highest BCUT2D eigenvalue weighted by atomic mass is 35.5. The highest BCUT2D eigenvalue weighted by Gasteiger charge is 2.18. The van der Waals surface area contributed by atoms with Gasteiger partial charge in [0.15, 0.2) is 0 Å². The molecule has 0 amide bonds. The first-order valence-electron chi connectivity index (χ1n) is 5.89. The quantitative estimate of drug-likeness (QED) is 0.736. The van der Waals surface area contributed by atoms with Gasteiger partial charge in [0.05, 0.1) is 17.9 Å². The topological polar surface area (TPSA) is 39.7 Å². The number of benzene rings is 1. The van der Waals surface area contributed by atoms with E-state index in [1.807, 2.05) is 18.2 Å². The van der Waals surface area contributed by atoms with Crippen molar-refractivity contribution in [2.45, 2.75) is 0 Å². The lowest BCUT2D eigenvalue weighted by Crippen LogP contribution is -2.48. The lowest BCUT2D eigenvalue weighted by Gasteiger charge is -2.32. The minimum absolute atomic E-state index is 0.747. The molecule has 0 atom stereocenters. The number of halogens is 1. The molecule has 2 aliphatic heterocycles. The maximum atomic E-state index is 5.95. The summed E-state index contributed by atoms with van der Waals surface area (Å²) in [7, 11) is 0. The number of piperazine rings is 1. The monoisotopic (exact) mass is 250 g/mol. The van der Waals surface area contributed by atoms with E-state index < -0.39 is 0 Å². The molecule has 5 heteroatoms. The van der Waals surface area contributed by atoms with Gasteiger partial charge in [0, 0.05) is 31.2 Å². The first-order chi connectivity index (χ1) is 8.33. The zero-order chi connectivity index (χ0) is 11.7. The third-order valence-corrected chi connectivity index (χ3v) is 3.36. The average molecular weight is 251 g/mol. The first-order valence-corrected chi connectivity index (χ1v) is 6.27. The standard InChI is InChI=1S/C12H15ClN4/c13-9-1-2-10-11(7-9)15-8-12(16-10)17-5-3-14-4-6-17/h1-2,7,14-15H,3-6,8H2. The van der Waals surface area contributed by atoms with Gasteiger partial charge in [-0.2, -0.15) is 0 Å². The third kappa shape index (κ3) is 2.23. The summed E-state index contributed by atoms with van der Waals surface area (Å²) in [4.78, 5) is 7.04. The van der Waals surface area contributed by atoms with Crippen molar-refractivity contribution in [1.29, 1.82) is 0 Å². The molecule has 1 aromatic rings. The van der Waals surface area contributed by atoms with Crippen molar-refractivity contribution in [2.24, 2.45) is 4.99 Å². The van der Waals surface area contributed by atoms with E-state index >= 15 is 0 Å². The Hall–Kier alpha value is -1.26. The Balaban J connectivity index is 1.86. The van der Waals surface area contributed by atoms with Gasteiger partial charge in [-0.3, -0.25) is 0 Å². The molecule has 0 radical (unpaired) electrons. The normalized spacial score (nSPS) is 19.4. The molecule has 0 aromatic heterocycles. The number of hydrogen-bond acceptors (Lipinski definition) is 4. The van der Waals surface area contributed by atoms with Gasteiger partial charge in [-0.25, -0.2) is 4.99 Å². The van der Waals surface area contributed by atoms with Crippen LogP contribution in [0.1, 0.15) is 0 Å². The maximum Gasteiger partial charge on any atom is 0.124 e. The van der Waals surface area contributed by atoms with Crippen molar-refractivity contribution in [3.05, 3.63) is 23.2 Å². The minimum Gasteiger partial charge on any atom is -0.376 e. The van der Waals surface area contributed by atoms with E-state index in [0.29, 0.717) is 0 Å². The van der Waals surface area contributed by atoms with Crippen molar-refractivity contribution in [3.63, 3.8) is 0 Å². The molecule has 1 saturated heterocycles. The van der Waals surface area contributed by atoms with Crippen molar-refractivity contribution < 1.29 is 0 Å².